The summed E-state index contributed by atoms with van der Waals surface area (Å²) in [5, 5.41) is 7.48. The molecule has 0 spiro atoms. The SMILES string of the molecule is O=C(C1c2ccccc2Oc2ccccc21)N1CCC[C@@H](c2nc(-c3cccnc3)n[nH]2)C1. The zero-order valence-corrected chi connectivity index (χ0v) is 18.0. The first-order chi connectivity index (χ1) is 16.3. The summed E-state index contributed by atoms with van der Waals surface area (Å²) in [6, 6.07) is 19.5. The molecule has 1 fully saturated rings. The van der Waals surface area contributed by atoms with Crippen molar-refractivity contribution < 1.29 is 9.53 Å². The lowest BCUT2D eigenvalue weighted by atomic mass is 9.85. The van der Waals surface area contributed by atoms with Crippen molar-refractivity contribution >= 4 is 5.91 Å². The van der Waals surface area contributed by atoms with Crippen molar-refractivity contribution in [1.29, 1.82) is 0 Å². The number of pyridine rings is 1. The molecule has 1 atom stereocenters. The smallest absolute Gasteiger partial charge is 0.234 e. The second-order valence-electron chi connectivity index (χ2n) is 8.52. The van der Waals surface area contributed by atoms with Crippen LogP contribution in [0.25, 0.3) is 11.4 Å². The van der Waals surface area contributed by atoms with Gasteiger partial charge in [-0.1, -0.05) is 36.4 Å². The van der Waals surface area contributed by atoms with E-state index >= 15 is 0 Å². The van der Waals surface area contributed by atoms with Gasteiger partial charge in [0, 0.05) is 48.1 Å². The van der Waals surface area contributed by atoms with Gasteiger partial charge in [0.25, 0.3) is 0 Å². The number of hydrogen-bond donors (Lipinski definition) is 1. The summed E-state index contributed by atoms with van der Waals surface area (Å²) in [4.78, 5) is 24.7. The predicted octanol–water partition coefficient (Wildman–Crippen LogP) is 4.51. The molecule has 33 heavy (non-hydrogen) atoms. The summed E-state index contributed by atoms with van der Waals surface area (Å²) >= 11 is 0. The Bertz CT molecular complexity index is 1260. The minimum Gasteiger partial charge on any atom is -0.457 e. The molecule has 1 N–H and O–H groups in total. The van der Waals surface area contributed by atoms with Crippen molar-refractivity contribution in [2.45, 2.75) is 24.7 Å². The number of nitrogens with one attached hydrogen (secondary N) is 1. The fourth-order valence-corrected chi connectivity index (χ4v) is 4.84. The van der Waals surface area contributed by atoms with Gasteiger partial charge in [0.15, 0.2) is 5.82 Å². The van der Waals surface area contributed by atoms with Crippen LogP contribution in [0.3, 0.4) is 0 Å². The molecule has 2 aromatic heterocycles. The molecule has 2 aromatic carbocycles. The third-order valence-corrected chi connectivity index (χ3v) is 6.47. The molecule has 6 rings (SSSR count). The van der Waals surface area contributed by atoms with Gasteiger partial charge in [-0.05, 0) is 37.1 Å². The first kappa shape index (κ1) is 19.7. The number of hydrogen-bond acceptors (Lipinski definition) is 5. The number of carbonyl (C=O) groups is 1. The predicted molar refractivity (Wildman–Crippen MR) is 123 cm³/mol. The van der Waals surface area contributed by atoms with Crippen LogP contribution in [0.4, 0.5) is 0 Å². The molecule has 4 aromatic rings. The molecule has 164 valence electrons. The molecule has 0 unspecified atom stereocenters. The fourth-order valence-electron chi connectivity index (χ4n) is 4.84. The Morgan fingerprint density at radius 3 is 2.48 bits per heavy atom. The van der Waals surface area contributed by atoms with E-state index in [4.69, 9.17) is 9.72 Å². The van der Waals surface area contributed by atoms with Crippen LogP contribution in [0.5, 0.6) is 11.5 Å². The van der Waals surface area contributed by atoms with E-state index in [0.717, 1.165) is 53.4 Å². The van der Waals surface area contributed by atoms with Crippen molar-refractivity contribution in [3.8, 4) is 22.9 Å². The van der Waals surface area contributed by atoms with Crippen LogP contribution in [0.2, 0.25) is 0 Å². The van der Waals surface area contributed by atoms with Crippen molar-refractivity contribution in [3.63, 3.8) is 0 Å². The van der Waals surface area contributed by atoms with Gasteiger partial charge in [0.1, 0.15) is 17.3 Å². The molecular formula is C26H23N5O2. The first-order valence-electron chi connectivity index (χ1n) is 11.2. The van der Waals surface area contributed by atoms with Crippen LogP contribution in [0, 0.1) is 0 Å². The first-order valence-corrected chi connectivity index (χ1v) is 11.2. The molecule has 1 saturated heterocycles. The lowest BCUT2D eigenvalue weighted by Crippen LogP contribution is -2.42. The number of para-hydroxylation sites is 2. The summed E-state index contributed by atoms with van der Waals surface area (Å²) in [7, 11) is 0. The van der Waals surface area contributed by atoms with E-state index in [1.807, 2.05) is 65.6 Å². The van der Waals surface area contributed by atoms with Crippen LogP contribution in [-0.2, 0) is 4.79 Å². The lowest BCUT2D eigenvalue weighted by molar-refractivity contribution is -0.133. The maximum Gasteiger partial charge on any atom is 0.234 e. The zero-order valence-electron chi connectivity index (χ0n) is 18.0. The van der Waals surface area contributed by atoms with E-state index in [-0.39, 0.29) is 17.7 Å². The molecular weight excluding hydrogens is 414 g/mol. The van der Waals surface area contributed by atoms with Gasteiger partial charge < -0.3 is 9.64 Å². The van der Waals surface area contributed by atoms with Gasteiger partial charge in [-0.3, -0.25) is 14.9 Å². The van der Waals surface area contributed by atoms with Gasteiger partial charge >= 0.3 is 0 Å². The van der Waals surface area contributed by atoms with E-state index in [2.05, 4.69) is 15.2 Å². The fraction of sp³-hybridized carbons (Fsp3) is 0.231. The van der Waals surface area contributed by atoms with Gasteiger partial charge in [0.05, 0.1) is 5.92 Å². The molecule has 0 bridgehead atoms. The number of piperidine rings is 1. The maximum atomic E-state index is 13.9. The largest absolute Gasteiger partial charge is 0.457 e. The topological polar surface area (TPSA) is 84.0 Å². The van der Waals surface area contributed by atoms with Gasteiger partial charge in [0.2, 0.25) is 5.91 Å². The number of likely N-dealkylation sites (tertiary alicyclic amines) is 1. The highest BCUT2D eigenvalue weighted by molar-refractivity contribution is 5.89. The number of ether oxygens (including phenoxy) is 1. The quantitative estimate of drug-likeness (QED) is 0.510. The number of amides is 1. The van der Waals surface area contributed by atoms with E-state index < -0.39 is 0 Å². The summed E-state index contributed by atoms with van der Waals surface area (Å²) < 4.78 is 6.08. The number of aromatic nitrogens is 4. The molecule has 7 nitrogen and oxygen atoms in total. The van der Waals surface area contributed by atoms with Crippen LogP contribution in [-0.4, -0.2) is 44.1 Å². The number of carbonyl (C=O) groups excluding carboxylic acids is 1. The zero-order chi connectivity index (χ0) is 22.2. The monoisotopic (exact) mass is 437 g/mol. The van der Waals surface area contributed by atoms with Crippen LogP contribution >= 0.6 is 0 Å². The third-order valence-electron chi connectivity index (χ3n) is 6.47. The summed E-state index contributed by atoms with van der Waals surface area (Å²) in [6.45, 7) is 1.35. The van der Waals surface area contributed by atoms with Crippen LogP contribution in [0.1, 0.15) is 41.6 Å². The van der Waals surface area contributed by atoms with E-state index in [0.29, 0.717) is 12.4 Å². The van der Waals surface area contributed by atoms with Crippen molar-refractivity contribution in [2.24, 2.45) is 0 Å². The highest BCUT2D eigenvalue weighted by atomic mass is 16.5. The molecule has 0 radical (unpaired) electrons. The Kier molecular flexibility index (Phi) is 4.87. The number of rotatable bonds is 3. The lowest BCUT2D eigenvalue weighted by Gasteiger charge is -2.36. The number of nitrogens with zero attached hydrogens (tertiary/aromatic N) is 4. The third kappa shape index (κ3) is 3.55. The molecule has 0 aliphatic carbocycles. The molecule has 2 aliphatic heterocycles. The Morgan fingerprint density at radius 1 is 1.00 bits per heavy atom. The van der Waals surface area contributed by atoms with E-state index in [9.17, 15) is 4.79 Å². The van der Waals surface area contributed by atoms with Crippen molar-refractivity contribution in [3.05, 3.63) is 90.0 Å². The average molecular weight is 438 g/mol. The van der Waals surface area contributed by atoms with Crippen LogP contribution < -0.4 is 4.74 Å². The molecule has 0 saturated carbocycles. The second-order valence-corrected chi connectivity index (χ2v) is 8.52. The minimum absolute atomic E-state index is 0.106. The summed E-state index contributed by atoms with van der Waals surface area (Å²) in [5.41, 5.74) is 2.71. The van der Waals surface area contributed by atoms with Gasteiger partial charge in [-0.2, -0.15) is 5.10 Å². The highest BCUT2D eigenvalue weighted by Gasteiger charge is 2.37. The number of benzene rings is 2. The van der Waals surface area contributed by atoms with Crippen molar-refractivity contribution in [1.82, 2.24) is 25.1 Å². The summed E-state index contributed by atoms with van der Waals surface area (Å²) in [5.74, 6) is 2.80. The van der Waals surface area contributed by atoms with Gasteiger partial charge in [-0.25, -0.2) is 4.98 Å². The molecule has 4 heterocycles. The Morgan fingerprint density at radius 2 is 1.76 bits per heavy atom. The number of aromatic amines is 1. The molecule has 1 amide bonds. The Labute approximate surface area is 191 Å². The normalized spacial score (nSPS) is 17.7. The maximum absolute atomic E-state index is 13.9. The number of fused-ring (bicyclic) bond motifs is 2. The number of H-pyrrole nitrogens is 1. The van der Waals surface area contributed by atoms with Crippen molar-refractivity contribution in [2.75, 3.05) is 13.1 Å². The Balaban J connectivity index is 1.28. The van der Waals surface area contributed by atoms with Crippen LogP contribution in [0.15, 0.2) is 73.1 Å². The Hall–Kier alpha value is -4.00. The summed E-state index contributed by atoms with van der Waals surface area (Å²) in [6.07, 6.45) is 5.37. The van der Waals surface area contributed by atoms with E-state index in [1.54, 1.807) is 12.4 Å². The average Bonchev–Trinajstić information content (AvgIpc) is 3.38. The molecule has 2 aliphatic rings. The highest BCUT2D eigenvalue weighted by Crippen LogP contribution is 2.45. The minimum atomic E-state index is -0.370. The second kappa shape index (κ2) is 8.16. The standard InChI is InChI=1S/C26H23N5O2/c32-26(23-19-9-1-3-11-21(19)33-22-12-4-2-10-20(22)23)31-14-6-8-18(16-31)25-28-24(29-30-25)17-7-5-13-27-15-17/h1-5,7,9-13,15,18,23H,6,8,14,16H2,(H,28,29,30)/t18-/m1/s1. The van der Waals surface area contributed by atoms with Gasteiger partial charge in [-0.15, -0.1) is 0 Å². The van der Waals surface area contributed by atoms with E-state index in [1.165, 1.54) is 0 Å². The molecule has 7 heteroatoms.